The van der Waals surface area contributed by atoms with Crippen LogP contribution in [-0.4, -0.2) is 47.6 Å². The summed E-state index contributed by atoms with van der Waals surface area (Å²) in [6.07, 6.45) is 0.00871. The number of hydrogen-bond donors (Lipinski definition) is 3. The molecular formula is C26H26F4N2O7. The normalized spacial score (nSPS) is 17.5. The van der Waals surface area contributed by atoms with Crippen molar-refractivity contribution < 1.29 is 51.3 Å². The number of ether oxygens (including phenoxy) is 2. The number of carbonyl (C=O) groups excluding carboxylic acids is 3. The van der Waals surface area contributed by atoms with Gasteiger partial charge in [-0.2, -0.15) is 8.78 Å². The number of Topliss-reactive ketones (excluding diaryl/α,β-unsaturated/α-hetero) is 1. The van der Waals surface area contributed by atoms with Gasteiger partial charge in [0.1, 0.15) is 19.3 Å². The van der Waals surface area contributed by atoms with Crippen molar-refractivity contribution in [3.63, 3.8) is 0 Å². The number of benzene rings is 2. The fraction of sp³-hybridized carbons (Fsp3) is 0.385. The van der Waals surface area contributed by atoms with Crippen molar-refractivity contribution in [1.82, 2.24) is 10.6 Å². The number of hydrogen-bond acceptors (Lipinski definition) is 6. The van der Waals surface area contributed by atoms with Gasteiger partial charge < -0.3 is 25.2 Å². The van der Waals surface area contributed by atoms with Crippen LogP contribution in [0.5, 0.6) is 5.75 Å². The van der Waals surface area contributed by atoms with Gasteiger partial charge in [0.25, 0.3) is 0 Å². The van der Waals surface area contributed by atoms with Crippen LogP contribution < -0.4 is 15.4 Å². The first-order valence-corrected chi connectivity index (χ1v) is 12.0. The Labute approximate surface area is 220 Å². The Morgan fingerprint density at radius 3 is 2.15 bits per heavy atom. The summed E-state index contributed by atoms with van der Waals surface area (Å²) in [4.78, 5) is 48.5. The van der Waals surface area contributed by atoms with Gasteiger partial charge in [-0.25, -0.2) is 13.6 Å². The summed E-state index contributed by atoms with van der Waals surface area (Å²) >= 11 is 0. The minimum Gasteiger partial charge on any atom is -0.481 e. The molecule has 1 saturated carbocycles. The number of ketones is 1. The molecule has 0 aliphatic heterocycles. The quantitative estimate of drug-likeness (QED) is 0.286. The molecule has 13 heteroatoms. The van der Waals surface area contributed by atoms with Crippen molar-refractivity contribution in [3.8, 4) is 5.75 Å². The highest BCUT2D eigenvalue weighted by Gasteiger charge is 2.32. The Hall–Kier alpha value is -4.16. The van der Waals surface area contributed by atoms with Crippen molar-refractivity contribution >= 4 is 23.8 Å². The maximum absolute atomic E-state index is 13.8. The second-order valence-corrected chi connectivity index (χ2v) is 8.97. The van der Waals surface area contributed by atoms with E-state index in [0.717, 1.165) is 5.56 Å². The summed E-state index contributed by atoms with van der Waals surface area (Å²) in [7, 11) is 0. The molecule has 1 aliphatic rings. The second kappa shape index (κ2) is 13.6. The number of carbonyl (C=O) groups is 4. The van der Waals surface area contributed by atoms with Gasteiger partial charge in [0.05, 0.1) is 6.42 Å². The van der Waals surface area contributed by atoms with E-state index in [2.05, 4.69) is 15.4 Å². The molecule has 0 radical (unpaired) electrons. The Kier molecular flexibility index (Phi) is 10.2. The molecule has 210 valence electrons. The lowest BCUT2D eigenvalue weighted by Gasteiger charge is -2.29. The van der Waals surface area contributed by atoms with E-state index < -0.39 is 77.8 Å². The average Bonchev–Trinajstić information content (AvgIpc) is 2.91. The van der Waals surface area contributed by atoms with E-state index in [-0.39, 0.29) is 18.7 Å². The largest absolute Gasteiger partial charge is 0.481 e. The van der Waals surface area contributed by atoms with E-state index in [4.69, 9.17) is 9.84 Å². The Bertz CT molecular complexity index is 1180. The van der Waals surface area contributed by atoms with Crippen LogP contribution in [0.3, 0.4) is 0 Å². The van der Waals surface area contributed by atoms with Crippen LogP contribution in [0.25, 0.3) is 0 Å². The fourth-order valence-corrected chi connectivity index (χ4v) is 4.06. The topological polar surface area (TPSA) is 131 Å². The molecule has 1 atom stereocenters. The number of aliphatic carboxylic acids is 1. The Balaban J connectivity index is 1.49. The summed E-state index contributed by atoms with van der Waals surface area (Å²) in [5.41, 5.74) is 0.822. The first-order chi connectivity index (χ1) is 18.5. The second-order valence-electron chi connectivity index (χ2n) is 8.97. The van der Waals surface area contributed by atoms with Gasteiger partial charge >= 0.3 is 12.1 Å². The summed E-state index contributed by atoms with van der Waals surface area (Å²) in [6.45, 7) is -1.06. The number of carboxylic acid groups (broad SMARTS) is 1. The highest BCUT2D eigenvalue weighted by atomic mass is 19.2. The molecule has 2 aromatic carbocycles. The summed E-state index contributed by atoms with van der Waals surface area (Å²) < 4.78 is 64.0. The third-order valence-electron chi connectivity index (χ3n) is 6.15. The van der Waals surface area contributed by atoms with Crippen molar-refractivity contribution in [2.24, 2.45) is 5.92 Å². The zero-order valence-electron chi connectivity index (χ0n) is 20.6. The first-order valence-electron chi connectivity index (χ1n) is 12.0. The molecule has 0 unspecified atom stereocenters. The monoisotopic (exact) mass is 554 g/mol. The van der Waals surface area contributed by atoms with E-state index in [9.17, 15) is 36.7 Å². The maximum atomic E-state index is 13.8. The number of halogens is 4. The summed E-state index contributed by atoms with van der Waals surface area (Å²) in [6, 6.07) is 7.17. The zero-order valence-corrected chi connectivity index (χ0v) is 20.6. The van der Waals surface area contributed by atoms with Gasteiger partial charge in [-0.05, 0) is 31.2 Å². The van der Waals surface area contributed by atoms with Gasteiger partial charge in [0.2, 0.25) is 17.5 Å². The summed E-state index contributed by atoms with van der Waals surface area (Å²) in [5, 5.41) is 14.2. The summed E-state index contributed by atoms with van der Waals surface area (Å²) in [5.74, 6) is -12.5. The molecule has 39 heavy (non-hydrogen) atoms. The van der Waals surface area contributed by atoms with Crippen molar-refractivity contribution in [3.05, 3.63) is 65.2 Å². The molecule has 1 fully saturated rings. The molecule has 0 heterocycles. The molecule has 2 aromatic rings. The molecule has 1 aliphatic carbocycles. The molecule has 2 amide bonds. The smallest absolute Gasteiger partial charge is 0.407 e. The van der Waals surface area contributed by atoms with Crippen LogP contribution in [0, 0.1) is 29.2 Å². The number of rotatable bonds is 11. The average molecular weight is 554 g/mol. The molecule has 3 N–H and O–H groups in total. The Morgan fingerprint density at radius 2 is 1.56 bits per heavy atom. The number of alkyl carbamates (subject to hydrolysis) is 1. The number of amides is 2. The van der Waals surface area contributed by atoms with E-state index in [1.54, 1.807) is 0 Å². The van der Waals surface area contributed by atoms with E-state index >= 15 is 0 Å². The van der Waals surface area contributed by atoms with E-state index in [1.807, 2.05) is 30.3 Å². The number of nitrogens with one attached hydrogen (secondary N) is 2. The molecular weight excluding hydrogens is 528 g/mol. The highest BCUT2D eigenvalue weighted by molar-refractivity contribution is 5.93. The van der Waals surface area contributed by atoms with Crippen molar-refractivity contribution in [1.29, 1.82) is 0 Å². The third-order valence-corrected chi connectivity index (χ3v) is 6.15. The lowest BCUT2D eigenvalue weighted by molar-refractivity contribution is -0.141. The zero-order chi connectivity index (χ0) is 28.5. The highest BCUT2D eigenvalue weighted by Crippen LogP contribution is 2.27. The van der Waals surface area contributed by atoms with Gasteiger partial charge in [-0.3, -0.25) is 14.4 Å². The fourth-order valence-electron chi connectivity index (χ4n) is 4.06. The molecule has 0 saturated heterocycles. The lowest BCUT2D eigenvalue weighted by atomic mass is 9.85. The minimum atomic E-state index is -1.87. The SMILES string of the molecule is O=C(O)C[C@H](NC(=O)[C@H]1CC[C@H](NC(=O)OCc2ccccc2)CC1)C(=O)COc1c(F)c(F)cc(F)c1F. The number of carboxylic acids is 1. The van der Waals surface area contributed by atoms with Crippen LogP contribution in [0.1, 0.15) is 37.7 Å². The van der Waals surface area contributed by atoms with Crippen LogP contribution in [0.4, 0.5) is 22.4 Å². The minimum absolute atomic E-state index is 0.0370. The standard InChI is InChI=1S/C26H26F4N2O7/c27-17-10-18(28)23(30)24(22(17)29)38-13-20(33)19(11-21(34)35)32-25(36)15-6-8-16(9-7-15)31-26(37)39-12-14-4-2-1-3-5-14/h1-5,10,15-16,19H,6-9,11-13H2,(H,31,37)(H,32,36)(H,34,35)/t15-,16-,19-/m0/s1. The van der Waals surface area contributed by atoms with Crippen LogP contribution in [0.2, 0.25) is 0 Å². The van der Waals surface area contributed by atoms with Crippen LogP contribution >= 0.6 is 0 Å². The van der Waals surface area contributed by atoms with Gasteiger partial charge in [0.15, 0.2) is 23.2 Å². The predicted molar refractivity (Wildman–Crippen MR) is 126 cm³/mol. The first kappa shape index (κ1) is 29.4. The molecule has 3 rings (SSSR count). The molecule has 0 aromatic heterocycles. The third kappa shape index (κ3) is 8.42. The maximum Gasteiger partial charge on any atom is 0.407 e. The van der Waals surface area contributed by atoms with Crippen molar-refractivity contribution in [2.45, 2.75) is 50.8 Å². The molecule has 0 spiro atoms. The predicted octanol–water partition coefficient (Wildman–Crippen LogP) is 3.64. The van der Waals surface area contributed by atoms with Crippen LogP contribution in [-0.2, 0) is 25.7 Å². The van der Waals surface area contributed by atoms with Gasteiger partial charge in [-0.15, -0.1) is 0 Å². The van der Waals surface area contributed by atoms with Gasteiger partial charge in [-0.1, -0.05) is 30.3 Å². The van der Waals surface area contributed by atoms with Crippen LogP contribution in [0.15, 0.2) is 36.4 Å². The molecule has 0 bridgehead atoms. The van der Waals surface area contributed by atoms with Crippen molar-refractivity contribution in [2.75, 3.05) is 6.61 Å². The van der Waals surface area contributed by atoms with Gasteiger partial charge in [0, 0.05) is 18.0 Å². The van der Waals surface area contributed by atoms with E-state index in [0.29, 0.717) is 25.7 Å². The Morgan fingerprint density at radius 1 is 0.949 bits per heavy atom. The van der Waals surface area contributed by atoms with E-state index in [1.165, 1.54) is 0 Å². The lowest BCUT2D eigenvalue weighted by Crippen LogP contribution is -2.48. The molecule has 9 nitrogen and oxygen atoms in total.